The van der Waals surface area contributed by atoms with Crippen LogP contribution in [0.5, 0.6) is 0 Å². The zero-order valence-electron chi connectivity index (χ0n) is 10.4. The summed E-state index contributed by atoms with van der Waals surface area (Å²) in [7, 11) is 0. The van der Waals surface area contributed by atoms with E-state index in [-0.39, 0.29) is 6.04 Å². The first kappa shape index (κ1) is 12.6. The molecule has 6 heteroatoms. The molecule has 0 unspecified atom stereocenters. The topological polar surface area (TPSA) is 68.2 Å². The minimum absolute atomic E-state index is 0.256. The van der Waals surface area contributed by atoms with Gasteiger partial charge in [0.1, 0.15) is 0 Å². The van der Waals surface area contributed by atoms with Gasteiger partial charge >= 0.3 is 0 Å². The van der Waals surface area contributed by atoms with Crippen molar-refractivity contribution in [1.29, 1.82) is 0 Å². The highest BCUT2D eigenvalue weighted by atomic mass is 35.5. The number of hydrogen-bond acceptors (Lipinski definition) is 5. The summed E-state index contributed by atoms with van der Waals surface area (Å²) in [4.78, 5) is 2.22. The number of nitrogens with zero attached hydrogens (tertiary/aromatic N) is 3. The standard InChI is InChI=1S/C13H15ClN4O/c14-11-4-2-1-3-10(11)13-17-16-12(19-13)8-18-6-5-9(15)7-18/h1-4,9H,5-8,15H2/t9-/m1/s1. The molecule has 100 valence electrons. The van der Waals surface area contributed by atoms with Crippen molar-refractivity contribution in [2.75, 3.05) is 13.1 Å². The first-order chi connectivity index (χ1) is 9.22. The van der Waals surface area contributed by atoms with Gasteiger partial charge in [0.25, 0.3) is 0 Å². The molecule has 0 saturated carbocycles. The average molecular weight is 279 g/mol. The van der Waals surface area contributed by atoms with Gasteiger partial charge < -0.3 is 10.2 Å². The van der Waals surface area contributed by atoms with Gasteiger partial charge in [-0.2, -0.15) is 0 Å². The number of hydrogen-bond donors (Lipinski definition) is 1. The third-order valence-electron chi connectivity index (χ3n) is 3.24. The van der Waals surface area contributed by atoms with Gasteiger partial charge in [-0.3, -0.25) is 4.90 Å². The number of likely N-dealkylation sites (tertiary alicyclic amines) is 1. The van der Waals surface area contributed by atoms with E-state index >= 15 is 0 Å². The molecule has 0 bridgehead atoms. The van der Waals surface area contributed by atoms with E-state index < -0.39 is 0 Å². The molecule has 2 aromatic rings. The van der Waals surface area contributed by atoms with Crippen LogP contribution < -0.4 is 5.73 Å². The number of aromatic nitrogens is 2. The van der Waals surface area contributed by atoms with Crippen LogP contribution in [-0.4, -0.2) is 34.2 Å². The quantitative estimate of drug-likeness (QED) is 0.929. The van der Waals surface area contributed by atoms with Crippen LogP contribution in [0.15, 0.2) is 28.7 Å². The average Bonchev–Trinajstić information content (AvgIpc) is 3.00. The number of benzene rings is 1. The van der Waals surface area contributed by atoms with E-state index in [2.05, 4.69) is 15.1 Å². The zero-order chi connectivity index (χ0) is 13.2. The SMILES string of the molecule is N[C@@H]1CCN(Cc2nnc(-c3ccccc3Cl)o2)C1. The molecule has 1 aromatic carbocycles. The Labute approximate surface area is 116 Å². The molecular weight excluding hydrogens is 264 g/mol. The second kappa shape index (κ2) is 5.28. The molecule has 2 N–H and O–H groups in total. The van der Waals surface area contributed by atoms with E-state index in [0.29, 0.717) is 23.3 Å². The molecule has 1 fully saturated rings. The molecule has 0 aliphatic carbocycles. The van der Waals surface area contributed by atoms with Gasteiger partial charge in [-0.25, -0.2) is 0 Å². The third-order valence-corrected chi connectivity index (χ3v) is 3.57. The second-order valence-corrected chi connectivity index (χ2v) is 5.17. The van der Waals surface area contributed by atoms with Crippen LogP contribution in [0.2, 0.25) is 5.02 Å². The first-order valence-corrected chi connectivity index (χ1v) is 6.65. The predicted octanol–water partition coefficient (Wildman–Crippen LogP) is 1.92. The van der Waals surface area contributed by atoms with Crippen molar-refractivity contribution in [1.82, 2.24) is 15.1 Å². The largest absolute Gasteiger partial charge is 0.419 e. The molecule has 2 heterocycles. The third kappa shape index (κ3) is 2.78. The Bertz CT molecular complexity index is 571. The summed E-state index contributed by atoms with van der Waals surface area (Å²) in [5.41, 5.74) is 6.63. The lowest BCUT2D eigenvalue weighted by atomic mass is 10.2. The van der Waals surface area contributed by atoms with Gasteiger partial charge in [0.2, 0.25) is 11.8 Å². The Hall–Kier alpha value is -1.43. The Morgan fingerprint density at radius 2 is 2.21 bits per heavy atom. The molecule has 0 radical (unpaired) electrons. The molecule has 5 nitrogen and oxygen atoms in total. The smallest absolute Gasteiger partial charge is 0.249 e. The van der Waals surface area contributed by atoms with E-state index in [0.717, 1.165) is 25.1 Å². The van der Waals surface area contributed by atoms with Crippen molar-refractivity contribution in [2.45, 2.75) is 19.0 Å². The van der Waals surface area contributed by atoms with Crippen LogP contribution in [0.25, 0.3) is 11.5 Å². The van der Waals surface area contributed by atoms with Crippen molar-refractivity contribution in [3.63, 3.8) is 0 Å². The molecule has 1 saturated heterocycles. The summed E-state index contributed by atoms with van der Waals surface area (Å²) in [5.74, 6) is 1.06. The van der Waals surface area contributed by atoms with E-state index in [1.807, 2.05) is 18.2 Å². The Balaban J connectivity index is 1.75. The lowest BCUT2D eigenvalue weighted by molar-refractivity contribution is 0.289. The van der Waals surface area contributed by atoms with Gasteiger partial charge in [-0.15, -0.1) is 10.2 Å². The number of rotatable bonds is 3. The van der Waals surface area contributed by atoms with Gasteiger partial charge in [-0.05, 0) is 18.6 Å². The second-order valence-electron chi connectivity index (χ2n) is 4.76. The van der Waals surface area contributed by atoms with E-state index in [9.17, 15) is 0 Å². The number of halogens is 1. The lowest BCUT2D eigenvalue weighted by Crippen LogP contribution is -2.26. The molecule has 1 aromatic heterocycles. The monoisotopic (exact) mass is 278 g/mol. The van der Waals surface area contributed by atoms with Gasteiger partial charge in [0, 0.05) is 19.1 Å². The Morgan fingerprint density at radius 3 is 2.95 bits per heavy atom. The normalized spacial score (nSPS) is 20.0. The molecule has 1 aliphatic rings. The van der Waals surface area contributed by atoms with Crippen molar-refractivity contribution in [3.05, 3.63) is 35.2 Å². The maximum absolute atomic E-state index is 6.10. The van der Waals surface area contributed by atoms with Crippen LogP contribution in [-0.2, 0) is 6.54 Å². The fraction of sp³-hybridized carbons (Fsp3) is 0.385. The molecular formula is C13H15ClN4O. The summed E-state index contributed by atoms with van der Waals surface area (Å²) < 4.78 is 5.66. The zero-order valence-corrected chi connectivity index (χ0v) is 11.2. The minimum atomic E-state index is 0.256. The van der Waals surface area contributed by atoms with Crippen molar-refractivity contribution in [3.8, 4) is 11.5 Å². The molecule has 1 atom stereocenters. The van der Waals surface area contributed by atoms with Crippen LogP contribution in [0.1, 0.15) is 12.3 Å². The van der Waals surface area contributed by atoms with Crippen molar-refractivity contribution in [2.24, 2.45) is 5.73 Å². The first-order valence-electron chi connectivity index (χ1n) is 6.27. The fourth-order valence-electron chi connectivity index (χ4n) is 2.26. The summed E-state index contributed by atoms with van der Waals surface area (Å²) in [5, 5.41) is 8.73. The molecule has 0 spiro atoms. The summed E-state index contributed by atoms with van der Waals surface area (Å²) in [6.45, 7) is 2.50. The van der Waals surface area contributed by atoms with E-state index in [1.165, 1.54) is 0 Å². The van der Waals surface area contributed by atoms with Gasteiger partial charge in [0.15, 0.2) is 0 Å². The highest BCUT2D eigenvalue weighted by molar-refractivity contribution is 6.33. The van der Waals surface area contributed by atoms with Crippen LogP contribution in [0.3, 0.4) is 0 Å². The van der Waals surface area contributed by atoms with Crippen LogP contribution in [0, 0.1) is 0 Å². The van der Waals surface area contributed by atoms with Gasteiger partial charge in [0.05, 0.1) is 17.1 Å². The Morgan fingerprint density at radius 1 is 1.37 bits per heavy atom. The molecule has 0 amide bonds. The highest BCUT2D eigenvalue weighted by Crippen LogP contribution is 2.26. The highest BCUT2D eigenvalue weighted by Gasteiger charge is 2.21. The fourth-order valence-corrected chi connectivity index (χ4v) is 2.48. The summed E-state index contributed by atoms with van der Waals surface area (Å²) in [6.07, 6.45) is 1.02. The molecule has 19 heavy (non-hydrogen) atoms. The molecule has 3 rings (SSSR count). The maximum Gasteiger partial charge on any atom is 0.249 e. The Kier molecular flexibility index (Phi) is 3.50. The number of nitrogens with two attached hydrogens (primary N) is 1. The maximum atomic E-state index is 6.10. The minimum Gasteiger partial charge on any atom is -0.419 e. The summed E-state index contributed by atoms with van der Waals surface area (Å²) in [6, 6.07) is 7.69. The van der Waals surface area contributed by atoms with Crippen molar-refractivity contribution < 1.29 is 4.42 Å². The van der Waals surface area contributed by atoms with E-state index in [1.54, 1.807) is 6.07 Å². The van der Waals surface area contributed by atoms with E-state index in [4.69, 9.17) is 21.8 Å². The lowest BCUT2D eigenvalue weighted by Gasteiger charge is -2.11. The van der Waals surface area contributed by atoms with Crippen LogP contribution in [0.4, 0.5) is 0 Å². The van der Waals surface area contributed by atoms with Gasteiger partial charge in [-0.1, -0.05) is 23.7 Å². The van der Waals surface area contributed by atoms with Crippen molar-refractivity contribution >= 4 is 11.6 Å². The summed E-state index contributed by atoms with van der Waals surface area (Å²) >= 11 is 6.10. The predicted molar refractivity (Wildman–Crippen MR) is 72.6 cm³/mol. The molecule has 1 aliphatic heterocycles. The van der Waals surface area contributed by atoms with Crippen LogP contribution >= 0.6 is 11.6 Å².